The molecule has 1 saturated carbocycles. The predicted octanol–water partition coefficient (Wildman–Crippen LogP) is 12.6. The Morgan fingerprint density at radius 3 is 1.21 bits per heavy atom. The van der Waals surface area contributed by atoms with Crippen LogP contribution in [-0.2, 0) is 48.4 Å². The Kier molecular flexibility index (Phi) is 33.7. The summed E-state index contributed by atoms with van der Waals surface area (Å²) < 4.78 is 52.2. The highest BCUT2D eigenvalue weighted by molar-refractivity contribution is 5.95. The number of aliphatic hydroxyl groups excluding tert-OH is 6. The molecule has 9 aromatic rings. The number of rotatable bonds is 27. The van der Waals surface area contributed by atoms with Gasteiger partial charge in [0.05, 0.1) is 56.7 Å². The summed E-state index contributed by atoms with van der Waals surface area (Å²) in [7, 11) is 0. The lowest BCUT2D eigenvalue weighted by Crippen LogP contribution is -2.47. The van der Waals surface area contributed by atoms with Gasteiger partial charge in [-0.05, 0) is 213 Å². The highest BCUT2D eigenvalue weighted by Crippen LogP contribution is 2.42. The molecule has 624 valence electrons. The van der Waals surface area contributed by atoms with Crippen LogP contribution < -0.4 is 5.32 Å². The number of benzene rings is 3. The molecule has 2 saturated heterocycles. The van der Waals surface area contributed by atoms with Gasteiger partial charge >= 0.3 is 18.2 Å². The summed E-state index contributed by atoms with van der Waals surface area (Å²) in [5.41, 5.74) is 5.98. The third kappa shape index (κ3) is 26.8. The van der Waals surface area contributed by atoms with E-state index in [4.69, 9.17) is 19.7 Å². The molecule has 4 amide bonds. The Labute approximate surface area is 681 Å². The molecule has 0 bridgehead atoms. The minimum atomic E-state index is -0.975. The van der Waals surface area contributed by atoms with Gasteiger partial charge in [0.25, 0.3) is 11.8 Å². The molecular formula is C89H108F3N11O14. The van der Waals surface area contributed by atoms with E-state index in [-0.39, 0.29) is 88.4 Å². The van der Waals surface area contributed by atoms with E-state index in [1.165, 1.54) is 28.4 Å². The van der Waals surface area contributed by atoms with Crippen LogP contribution in [0.3, 0.4) is 0 Å². The first-order valence-electron chi connectivity index (χ1n) is 39.3. The number of nitrogens with one attached hydrogen (secondary N) is 1. The van der Waals surface area contributed by atoms with Crippen molar-refractivity contribution >= 4 is 30.0 Å². The Bertz CT molecular complexity index is 4610. The maximum atomic E-state index is 14.1. The van der Waals surface area contributed by atoms with Gasteiger partial charge in [-0.2, -0.15) is 13.2 Å². The quantitative estimate of drug-likeness (QED) is 0.0175. The molecule has 3 aliphatic rings. The molecule has 3 fully saturated rings. The highest BCUT2D eigenvalue weighted by atomic mass is 19.1. The van der Waals surface area contributed by atoms with Crippen LogP contribution in [0.1, 0.15) is 187 Å². The van der Waals surface area contributed by atoms with Crippen LogP contribution in [0, 0.1) is 29.7 Å². The van der Waals surface area contributed by atoms with Crippen molar-refractivity contribution in [2.45, 2.75) is 179 Å². The summed E-state index contributed by atoms with van der Waals surface area (Å²) in [6.45, 7) is 11.5. The average Bonchev–Trinajstić information content (AvgIpc) is 1.64. The lowest BCUT2D eigenvalue weighted by Gasteiger charge is -2.34. The molecule has 8 heterocycles. The molecule has 6 aromatic heterocycles. The zero-order valence-electron chi connectivity index (χ0n) is 66.8. The number of aromatic carboxylic acids is 1. The molecule has 0 radical (unpaired) electrons. The van der Waals surface area contributed by atoms with Gasteiger partial charge in [-0.15, -0.1) is 0 Å². The number of amides is 4. The van der Waals surface area contributed by atoms with Crippen molar-refractivity contribution in [3.8, 4) is 0 Å². The van der Waals surface area contributed by atoms with Gasteiger partial charge in [-0.25, -0.2) is 29.3 Å². The lowest BCUT2D eigenvalue weighted by molar-refractivity contribution is -0.00520. The van der Waals surface area contributed by atoms with Crippen molar-refractivity contribution < 1.29 is 83.8 Å². The maximum absolute atomic E-state index is 14.1. The van der Waals surface area contributed by atoms with E-state index in [0.717, 1.165) is 47.9 Å². The fourth-order valence-electron chi connectivity index (χ4n) is 14.7. The number of nitrogens with zero attached hydrogens (tertiary/aromatic N) is 10. The van der Waals surface area contributed by atoms with Crippen LogP contribution in [0.15, 0.2) is 201 Å². The van der Waals surface area contributed by atoms with E-state index in [2.05, 4.69) is 35.2 Å². The van der Waals surface area contributed by atoms with Crippen molar-refractivity contribution in [3.05, 3.63) is 286 Å². The largest absolute Gasteiger partial charge is 0.478 e. The third-order valence-corrected chi connectivity index (χ3v) is 20.4. The molecule has 25 nitrogen and oxygen atoms in total. The molecule has 0 unspecified atom stereocenters. The average molecular weight is 1610 g/mol. The molecule has 1 aliphatic carbocycles. The smallest absolute Gasteiger partial charge is 0.410 e. The van der Waals surface area contributed by atoms with Gasteiger partial charge in [0.15, 0.2) is 0 Å². The zero-order valence-corrected chi connectivity index (χ0v) is 66.8. The number of pyridine rings is 6. The predicted molar refractivity (Wildman–Crippen MR) is 433 cm³/mol. The molecule has 117 heavy (non-hydrogen) atoms. The minimum absolute atomic E-state index is 0. The first-order chi connectivity index (χ1) is 56.1. The van der Waals surface area contributed by atoms with Gasteiger partial charge < -0.3 is 60.3 Å². The number of carbonyl (C=O) groups is 5. The lowest BCUT2D eigenvalue weighted by atomic mass is 9.92. The zero-order chi connectivity index (χ0) is 84.2. The van der Waals surface area contributed by atoms with E-state index in [1.807, 2.05) is 57.2 Å². The Morgan fingerprint density at radius 1 is 0.479 bits per heavy atom. The topological polar surface area (TPSA) is 348 Å². The molecular weight excluding hydrogens is 1500 g/mol. The number of halogens is 3. The van der Waals surface area contributed by atoms with Gasteiger partial charge in [0.1, 0.15) is 23.4 Å². The summed E-state index contributed by atoms with van der Waals surface area (Å²) in [5, 5.41) is 72.1. The molecule has 9 atom stereocenters. The second kappa shape index (κ2) is 43.8. The first-order valence-corrected chi connectivity index (χ1v) is 39.3. The SMILES string of the molecule is CC(C)(C)OC(=O)N1[C@H](Cc2ccc(C(=O)N(CCO)Cc3cccnc3F)cc2)CC[C@@H]1[C@H](O)c1cccnc1.CC(C)(C)OC(=O)N1[C@H](Cc2ccc(C(=O)O)cc2)CC[C@@H]1[C@H](O)c1cccnc1.O=C(c1ccc(C[C@@H]2CC[C@H]([C@H](O)c3cccnc3)C2)cc1)N(CCO)Cc1cccnc1F.OCCNCc1cccnc1F.[HH]. The minimum Gasteiger partial charge on any atom is -0.478 e. The van der Waals surface area contributed by atoms with Crippen molar-refractivity contribution in [1.82, 2.24) is 54.8 Å². The van der Waals surface area contributed by atoms with E-state index in [1.54, 1.807) is 177 Å². The van der Waals surface area contributed by atoms with E-state index in [0.29, 0.717) is 90.9 Å². The molecule has 3 aromatic carbocycles. The van der Waals surface area contributed by atoms with Crippen LogP contribution in [0.5, 0.6) is 0 Å². The van der Waals surface area contributed by atoms with Crippen LogP contribution in [0.25, 0.3) is 0 Å². The fourth-order valence-corrected chi connectivity index (χ4v) is 14.7. The van der Waals surface area contributed by atoms with Gasteiger partial charge in [0.2, 0.25) is 17.8 Å². The summed E-state index contributed by atoms with van der Waals surface area (Å²) in [5.74, 6) is -2.59. The monoisotopic (exact) mass is 1610 g/mol. The number of hydrogen-bond acceptors (Lipinski definition) is 20. The molecule has 8 N–H and O–H groups in total. The molecule has 0 spiro atoms. The summed E-state index contributed by atoms with van der Waals surface area (Å²) in [6.07, 6.45) is 18.4. The highest BCUT2D eigenvalue weighted by Gasteiger charge is 2.45. The van der Waals surface area contributed by atoms with E-state index in [9.17, 15) is 62.7 Å². The number of aliphatic hydroxyl groups is 6. The summed E-state index contributed by atoms with van der Waals surface area (Å²) >= 11 is 0. The van der Waals surface area contributed by atoms with E-state index >= 15 is 0 Å². The number of carboxylic acid groups (broad SMARTS) is 1. The Balaban J connectivity index is 0.000000207. The van der Waals surface area contributed by atoms with Gasteiger partial charge in [-0.3, -0.25) is 34.3 Å². The van der Waals surface area contributed by atoms with Gasteiger partial charge in [0, 0.05) is 134 Å². The normalized spacial score (nSPS) is 17.8. The van der Waals surface area contributed by atoms with Crippen LogP contribution in [-0.4, -0.2) is 190 Å². The number of carbonyl (C=O) groups excluding carboxylic acids is 4. The summed E-state index contributed by atoms with van der Waals surface area (Å²) in [6, 6.07) is 40.5. The first kappa shape index (κ1) is 89.9. The van der Waals surface area contributed by atoms with Crippen molar-refractivity contribution in [2.24, 2.45) is 11.8 Å². The second-order valence-electron chi connectivity index (χ2n) is 31.2. The summed E-state index contributed by atoms with van der Waals surface area (Å²) in [4.78, 5) is 92.8. The van der Waals surface area contributed by atoms with Crippen LogP contribution in [0.2, 0.25) is 0 Å². The number of hydrogen-bond donors (Lipinski definition) is 8. The number of aromatic nitrogens is 6. The Hall–Kier alpha value is -11.0. The Morgan fingerprint density at radius 2 is 0.855 bits per heavy atom. The van der Waals surface area contributed by atoms with Crippen LogP contribution >= 0.6 is 0 Å². The van der Waals surface area contributed by atoms with Crippen LogP contribution in [0.4, 0.5) is 22.8 Å². The van der Waals surface area contributed by atoms with Crippen molar-refractivity contribution in [1.29, 1.82) is 0 Å². The van der Waals surface area contributed by atoms with Crippen molar-refractivity contribution in [2.75, 3.05) is 39.5 Å². The second-order valence-corrected chi connectivity index (χ2v) is 31.2. The maximum Gasteiger partial charge on any atom is 0.410 e. The molecule has 2 aliphatic heterocycles. The van der Waals surface area contributed by atoms with E-state index < -0.39 is 77.6 Å². The third-order valence-electron chi connectivity index (χ3n) is 20.4. The number of likely N-dealkylation sites (tertiary alicyclic amines) is 2. The van der Waals surface area contributed by atoms with Crippen molar-refractivity contribution in [3.63, 3.8) is 0 Å². The number of ether oxygens (including phenoxy) is 2. The van der Waals surface area contributed by atoms with Gasteiger partial charge in [-0.1, -0.05) is 72.8 Å². The standard InChI is InChI=1S/C31H37FN4O5.C27H30FN3O3.C23H28N2O5.C8H11FN2O.H2/c1-31(2,3)41-30(40)36-25(12-13-26(36)27(38)23-6-4-14-33-19-23)18-21-8-10-22(11-9-21)29(39)35(16-17-37)20-24-7-5-15-34-28(24)32;28-26-24(4-2-12-30-26)18-31(13-14-32)27(34)21-8-5-19(6-9-21)15-20-7-10-22(16-20)25(33)23-3-1-11-29-17-23;1-23(2,3)30-22(29)25-18(13-15-6-8-16(9-7-15)21(27)28)10-11-19(25)20(26)17-5-4-12-24-14-17;9-8-7(2-1-3-11-8)6-10-4-5-12;/h4-11,14-15,19,25-27,37-38H,12-13,16-18,20H2,1-3H3;1-6,8-9,11-12,17,20,22,25,32-33H,7,10,13-16,18H2;4-9,12,14,18-20,26H,10-11,13H2,1-3H3,(H,27,28);1-3,10,12H,4-6H2;1H/t25-,26+,27+;20-,22-,25-;18-,19+,20+;;/m000../s1. The number of carboxylic acids is 1. The molecule has 12 rings (SSSR count). The molecule has 28 heteroatoms. The fraction of sp³-hybridized carbons (Fsp3) is 0.404.